The van der Waals surface area contributed by atoms with Crippen LogP contribution in [0.1, 0.15) is 62.1 Å². The van der Waals surface area contributed by atoms with Crippen molar-refractivity contribution < 1.29 is 9.21 Å². The fourth-order valence-electron chi connectivity index (χ4n) is 3.38. The maximum Gasteiger partial charge on any atom is 0.223 e. The lowest BCUT2D eigenvalue weighted by Gasteiger charge is -2.33. The summed E-state index contributed by atoms with van der Waals surface area (Å²) in [6.07, 6.45) is 6.11. The first-order valence-electron chi connectivity index (χ1n) is 9.53. The van der Waals surface area contributed by atoms with Crippen molar-refractivity contribution in [3.05, 3.63) is 41.4 Å². The van der Waals surface area contributed by atoms with E-state index in [1.807, 2.05) is 31.9 Å². The number of nitrogens with zero attached hydrogens (tertiary/aromatic N) is 4. The van der Waals surface area contributed by atoms with Crippen molar-refractivity contribution in [1.82, 2.24) is 20.1 Å². The monoisotopic (exact) mass is 356 g/mol. The van der Waals surface area contributed by atoms with Crippen LogP contribution in [0.15, 0.2) is 22.7 Å². The summed E-state index contributed by atoms with van der Waals surface area (Å²) in [7, 11) is 0. The van der Waals surface area contributed by atoms with E-state index in [9.17, 15) is 4.79 Å². The van der Waals surface area contributed by atoms with Gasteiger partial charge in [-0.25, -0.2) is 0 Å². The molecule has 0 aromatic carbocycles. The zero-order valence-electron chi connectivity index (χ0n) is 15.9. The van der Waals surface area contributed by atoms with Crippen LogP contribution >= 0.6 is 0 Å². The molecule has 1 fully saturated rings. The van der Waals surface area contributed by atoms with E-state index in [1.165, 1.54) is 12.0 Å². The Morgan fingerprint density at radius 1 is 1.35 bits per heavy atom. The van der Waals surface area contributed by atoms with Gasteiger partial charge in [0.15, 0.2) is 0 Å². The third-order valence-corrected chi connectivity index (χ3v) is 4.90. The number of likely N-dealkylation sites (tertiary alicyclic amines) is 1. The van der Waals surface area contributed by atoms with Crippen LogP contribution in [0.4, 0.5) is 0 Å². The molecule has 0 saturated carbocycles. The highest BCUT2D eigenvalue weighted by Crippen LogP contribution is 2.22. The van der Waals surface area contributed by atoms with Gasteiger partial charge in [-0.05, 0) is 43.7 Å². The Morgan fingerprint density at radius 3 is 2.88 bits per heavy atom. The number of carbonyl (C=O) groups is 1. The Kier molecular flexibility index (Phi) is 6.01. The van der Waals surface area contributed by atoms with E-state index in [4.69, 9.17) is 4.42 Å². The molecule has 0 N–H and O–H groups in total. The van der Waals surface area contributed by atoms with Gasteiger partial charge in [0.1, 0.15) is 0 Å². The number of aryl methyl sites for hydroxylation is 2. The summed E-state index contributed by atoms with van der Waals surface area (Å²) in [4.78, 5) is 18.9. The lowest BCUT2D eigenvalue weighted by Crippen LogP contribution is -2.40. The fraction of sp³-hybridized carbons (Fsp3) is 0.600. The molecule has 3 rings (SSSR count). The van der Waals surface area contributed by atoms with E-state index >= 15 is 0 Å². The van der Waals surface area contributed by atoms with Crippen LogP contribution in [0.2, 0.25) is 0 Å². The van der Waals surface area contributed by atoms with Gasteiger partial charge in [0.25, 0.3) is 0 Å². The van der Waals surface area contributed by atoms with Gasteiger partial charge in [-0.1, -0.05) is 19.9 Å². The van der Waals surface area contributed by atoms with E-state index in [0.717, 1.165) is 31.6 Å². The minimum Gasteiger partial charge on any atom is -0.425 e. The summed E-state index contributed by atoms with van der Waals surface area (Å²) in [5.41, 5.74) is 2.29. The molecule has 2 aromatic rings. The van der Waals surface area contributed by atoms with Crippen LogP contribution < -0.4 is 0 Å². The van der Waals surface area contributed by atoms with Crippen molar-refractivity contribution in [3.8, 4) is 0 Å². The van der Waals surface area contributed by atoms with Crippen molar-refractivity contribution >= 4 is 5.91 Å². The summed E-state index contributed by atoms with van der Waals surface area (Å²) < 4.78 is 5.59. The van der Waals surface area contributed by atoms with Crippen molar-refractivity contribution in [1.29, 1.82) is 0 Å². The van der Waals surface area contributed by atoms with Gasteiger partial charge in [-0.2, -0.15) is 0 Å². The van der Waals surface area contributed by atoms with Crippen molar-refractivity contribution in [2.75, 3.05) is 13.1 Å². The van der Waals surface area contributed by atoms with Crippen LogP contribution in [-0.2, 0) is 17.6 Å². The Balaban J connectivity index is 1.49. The van der Waals surface area contributed by atoms with Crippen LogP contribution in [0.5, 0.6) is 0 Å². The molecule has 1 unspecified atom stereocenters. The van der Waals surface area contributed by atoms with Crippen LogP contribution in [0.3, 0.4) is 0 Å². The van der Waals surface area contributed by atoms with E-state index in [-0.39, 0.29) is 11.8 Å². The molecule has 0 spiro atoms. The molecular formula is C20H28N4O2. The van der Waals surface area contributed by atoms with Gasteiger partial charge in [-0.3, -0.25) is 9.78 Å². The normalized spacial score (nSPS) is 17.7. The Bertz CT molecular complexity index is 724. The van der Waals surface area contributed by atoms with Crippen molar-refractivity contribution in [3.63, 3.8) is 0 Å². The molecule has 1 aliphatic rings. The Labute approximate surface area is 155 Å². The molecule has 26 heavy (non-hydrogen) atoms. The number of aromatic nitrogens is 3. The molecule has 1 aliphatic heterocycles. The predicted molar refractivity (Wildman–Crippen MR) is 98.7 cm³/mol. The molecular weight excluding hydrogens is 328 g/mol. The molecule has 2 aromatic heterocycles. The quantitative estimate of drug-likeness (QED) is 0.794. The third-order valence-electron chi connectivity index (χ3n) is 4.90. The molecule has 140 valence electrons. The number of rotatable bonds is 6. The number of pyridine rings is 1. The highest BCUT2D eigenvalue weighted by molar-refractivity contribution is 5.76. The lowest BCUT2D eigenvalue weighted by molar-refractivity contribution is -0.133. The predicted octanol–water partition coefficient (Wildman–Crippen LogP) is 3.31. The molecule has 0 aliphatic carbocycles. The van der Waals surface area contributed by atoms with E-state index < -0.39 is 0 Å². The molecule has 1 saturated heterocycles. The number of hydrogen-bond acceptors (Lipinski definition) is 5. The fourth-order valence-corrected chi connectivity index (χ4v) is 3.38. The maximum atomic E-state index is 12.6. The minimum atomic E-state index is 0.182. The molecule has 6 nitrogen and oxygen atoms in total. The zero-order valence-corrected chi connectivity index (χ0v) is 15.9. The largest absolute Gasteiger partial charge is 0.425 e. The zero-order chi connectivity index (χ0) is 18.5. The Morgan fingerprint density at radius 2 is 2.19 bits per heavy atom. The van der Waals surface area contributed by atoms with E-state index in [1.54, 1.807) is 0 Å². The van der Waals surface area contributed by atoms with Gasteiger partial charge < -0.3 is 9.32 Å². The summed E-state index contributed by atoms with van der Waals surface area (Å²) in [6.45, 7) is 7.70. The molecule has 1 atom stereocenters. The smallest absolute Gasteiger partial charge is 0.223 e. The highest BCUT2D eigenvalue weighted by Gasteiger charge is 2.24. The van der Waals surface area contributed by atoms with Gasteiger partial charge in [0.2, 0.25) is 17.7 Å². The standard InChI is InChI=1S/C20H28N4O2/c1-14(2)20-23-22-18(26-20)8-9-19(25)24-10-4-5-17(13-24)11-16-7-6-15(3)21-12-16/h6-7,12,14,17H,4-5,8-11,13H2,1-3H3. The first-order valence-corrected chi connectivity index (χ1v) is 9.53. The Hall–Kier alpha value is -2.24. The van der Waals surface area contributed by atoms with Gasteiger partial charge in [0, 0.05) is 43.7 Å². The SMILES string of the molecule is Cc1ccc(CC2CCCN(C(=O)CCc3nnc(C(C)C)o3)C2)cn1. The van der Waals surface area contributed by atoms with Crippen molar-refractivity contribution in [2.24, 2.45) is 5.92 Å². The first kappa shape index (κ1) is 18.5. The second kappa shape index (κ2) is 8.43. The molecule has 3 heterocycles. The second-order valence-corrected chi connectivity index (χ2v) is 7.55. The summed E-state index contributed by atoms with van der Waals surface area (Å²) in [5, 5.41) is 8.06. The number of piperidine rings is 1. The van der Waals surface area contributed by atoms with Crippen molar-refractivity contribution in [2.45, 2.75) is 58.8 Å². The van der Waals surface area contributed by atoms with Crippen LogP contribution in [0.25, 0.3) is 0 Å². The molecule has 0 radical (unpaired) electrons. The van der Waals surface area contributed by atoms with E-state index in [0.29, 0.717) is 30.5 Å². The number of carbonyl (C=O) groups excluding carboxylic acids is 1. The second-order valence-electron chi connectivity index (χ2n) is 7.55. The maximum absolute atomic E-state index is 12.6. The number of amides is 1. The molecule has 1 amide bonds. The first-order chi connectivity index (χ1) is 12.5. The van der Waals surface area contributed by atoms with Gasteiger partial charge >= 0.3 is 0 Å². The van der Waals surface area contributed by atoms with Crippen LogP contribution in [-0.4, -0.2) is 39.1 Å². The molecule has 6 heteroatoms. The average Bonchev–Trinajstić information content (AvgIpc) is 3.11. The lowest BCUT2D eigenvalue weighted by atomic mass is 9.91. The summed E-state index contributed by atoms with van der Waals surface area (Å²) in [5.74, 6) is 2.10. The minimum absolute atomic E-state index is 0.182. The average molecular weight is 356 g/mol. The highest BCUT2D eigenvalue weighted by atomic mass is 16.4. The topological polar surface area (TPSA) is 72.1 Å². The summed E-state index contributed by atoms with van der Waals surface area (Å²) >= 11 is 0. The van der Waals surface area contributed by atoms with Gasteiger partial charge in [0.05, 0.1) is 0 Å². The van der Waals surface area contributed by atoms with Crippen LogP contribution in [0, 0.1) is 12.8 Å². The molecule has 0 bridgehead atoms. The van der Waals surface area contributed by atoms with E-state index in [2.05, 4.69) is 27.3 Å². The third kappa shape index (κ3) is 4.90. The summed E-state index contributed by atoms with van der Waals surface area (Å²) in [6, 6.07) is 4.20. The number of hydrogen-bond donors (Lipinski definition) is 0. The van der Waals surface area contributed by atoms with Gasteiger partial charge in [-0.15, -0.1) is 10.2 Å².